The van der Waals surface area contributed by atoms with Crippen molar-refractivity contribution in [2.45, 2.75) is 52.2 Å². The van der Waals surface area contributed by atoms with Crippen LogP contribution in [0.4, 0.5) is 0 Å². The average molecular weight is 200 g/mol. The SMILES string of the molecule is CCC(CC)(OC)C(C=C(C)C)NN. The third-order valence-electron chi connectivity index (χ3n) is 2.85. The maximum atomic E-state index is 5.60. The maximum Gasteiger partial charge on any atom is 0.0874 e. The summed E-state index contributed by atoms with van der Waals surface area (Å²) in [5, 5.41) is 0. The molecule has 3 heteroatoms. The first-order valence-electron chi connectivity index (χ1n) is 5.22. The molecule has 0 aromatic heterocycles. The molecule has 0 saturated carbocycles. The Hall–Kier alpha value is -0.380. The van der Waals surface area contributed by atoms with Crippen LogP contribution in [0, 0.1) is 0 Å². The second kappa shape index (κ2) is 6.17. The number of nitrogens with two attached hydrogens (primary N) is 1. The van der Waals surface area contributed by atoms with Gasteiger partial charge in [-0.05, 0) is 26.7 Å². The Balaban J connectivity index is 4.84. The lowest BCUT2D eigenvalue weighted by Gasteiger charge is -2.36. The van der Waals surface area contributed by atoms with E-state index in [1.807, 2.05) is 0 Å². The van der Waals surface area contributed by atoms with E-state index in [9.17, 15) is 0 Å². The minimum atomic E-state index is -0.188. The van der Waals surface area contributed by atoms with Gasteiger partial charge in [-0.3, -0.25) is 11.3 Å². The molecule has 0 spiro atoms. The molecule has 3 nitrogen and oxygen atoms in total. The van der Waals surface area contributed by atoms with Crippen LogP contribution in [0.2, 0.25) is 0 Å². The van der Waals surface area contributed by atoms with Crippen LogP contribution in [0.15, 0.2) is 11.6 Å². The van der Waals surface area contributed by atoms with Gasteiger partial charge in [-0.2, -0.15) is 0 Å². The smallest absolute Gasteiger partial charge is 0.0874 e. The summed E-state index contributed by atoms with van der Waals surface area (Å²) in [4.78, 5) is 0. The molecule has 0 saturated heterocycles. The molecule has 0 aromatic carbocycles. The molecule has 0 bridgehead atoms. The van der Waals surface area contributed by atoms with Gasteiger partial charge in [0.2, 0.25) is 0 Å². The molecule has 0 aliphatic heterocycles. The maximum absolute atomic E-state index is 5.60. The van der Waals surface area contributed by atoms with E-state index >= 15 is 0 Å². The van der Waals surface area contributed by atoms with E-state index in [2.05, 4.69) is 39.2 Å². The number of hydrogen-bond acceptors (Lipinski definition) is 3. The Kier molecular flexibility index (Phi) is 6.00. The molecule has 1 unspecified atom stereocenters. The van der Waals surface area contributed by atoms with E-state index in [4.69, 9.17) is 10.6 Å². The van der Waals surface area contributed by atoms with E-state index in [-0.39, 0.29) is 11.6 Å². The Morgan fingerprint density at radius 1 is 1.43 bits per heavy atom. The fraction of sp³-hybridized carbons (Fsp3) is 0.818. The number of hydrogen-bond donors (Lipinski definition) is 2. The lowest BCUT2D eigenvalue weighted by molar-refractivity contribution is -0.0353. The predicted octanol–water partition coefficient (Wildman–Crippen LogP) is 1.99. The number of ether oxygens (including phenoxy) is 1. The fourth-order valence-electron chi connectivity index (χ4n) is 1.79. The van der Waals surface area contributed by atoms with E-state index in [1.165, 1.54) is 5.57 Å². The standard InChI is InChI=1S/C11H24N2O/c1-6-11(7-2,14-5)10(13-12)8-9(3)4/h8,10,13H,6-7,12H2,1-5H3. The van der Waals surface area contributed by atoms with Crippen molar-refractivity contribution >= 4 is 0 Å². The van der Waals surface area contributed by atoms with Crippen molar-refractivity contribution in [2.24, 2.45) is 5.84 Å². The van der Waals surface area contributed by atoms with Crippen LogP contribution >= 0.6 is 0 Å². The minimum absolute atomic E-state index is 0.0764. The molecule has 0 aliphatic carbocycles. The Morgan fingerprint density at radius 2 is 1.93 bits per heavy atom. The van der Waals surface area contributed by atoms with Crippen molar-refractivity contribution in [3.8, 4) is 0 Å². The zero-order chi connectivity index (χ0) is 11.2. The number of rotatable bonds is 6. The normalized spacial score (nSPS) is 13.9. The van der Waals surface area contributed by atoms with Gasteiger partial charge in [-0.15, -0.1) is 0 Å². The molecular weight excluding hydrogens is 176 g/mol. The molecule has 0 heterocycles. The number of nitrogens with one attached hydrogen (secondary N) is 1. The van der Waals surface area contributed by atoms with Gasteiger partial charge in [-0.1, -0.05) is 25.5 Å². The molecule has 0 fully saturated rings. The van der Waals surface area contributed by atoms with Crippen LogP contribution in [-0.4, -0.2) is 18.8 Å². The quantitative estimate of drug-likeness (QED) is 0.391. The minimum Gasteiger partial charge on any atom is -0.376 e. The largest absolute Gasteiger partial charge is 0.376 e. The third kappa shape index (κ3) is 3.08. The van der Waals surface area contributed by atoms with Gasteiger partial charge < -0.3 is 4.74 Å². The Morgan fingerprint density at radius 3 is 2.14 bits per heavy atom. The summed E-state index contributed by atoms with van der Waals surface area (Å²) < 4.78 is 5.60. The zero-order valence-electron chi connectivity index (χ0n) is 10.1. The summed E-state index contributed by atoms with van der Waals surface area (Å²) in [6, 6.07) is 0.0764. The molecule has 0 radical (unpaired) electrons. The topological polar surface area (TPSA) is 47.3 Å². The zero-order valence-corrected chi connectivity index (χ0v) is 10.1. The van der Waals surface area contributed by atoms with Crippen molar-refractivity contribution < 1.29 is 4.74 Å². The molecular formula is C11H24N2O. The van der Waals surface area contributed by atoms with Crippen LogP contribution in [-0.2, 0) is 4.74 Å². The predicted molar refractivity (Wildman–Crippen MR) is 60.9 cm³/mol. The highest BCUT2D eigenvalue weighted by molar-refractivity contribution is 5.08. The van der Waals surface area contributed by atoms with Crippen molar-refractivity contribution in [3.05, 3.63) is 11.6 Å². The Bertz CT molecular complexity index is 173. The summed E-state index contributed by atoms with van der Waals surface area (Å²) in [7, 11) is 1.75. The van der Waals surface area contributed by atoms with Gasteiger partial charge >= 0.3 is 0 Å². The summed E-state index contributed by atoms with van der Waals surface area (Å²) >= 11 is 0. The van der Waals surface area contributed by atoms with E-state index in [0.29, 0.717) is 0 Å². The summed E-state index contributed by atoms with van der Waals surface area (Å²) in [6.45, 7) is 8.37. The first kappa shape index (κ1) is 13.6. The van der Waals surface area contributed by atoms with Gasteiger partial charge in [0.05, 0.1) is 11.6 Å². The summed E-state index contributed by atoms with van der Waals surface area (Å²) in [5.74, 6) is 5.56. The van der Waals surface area contributed by atoms with Crippen molar-refractivity contribution in [1.82, 2.24) is 5.43 Å². The third-order valence-corrected chi connectivity index (χ3v) is 2.85. The lowest BCUT2D eigenvalue weighted by Crippen LogP contribution is -2.53. The summed E-state index contributed by atoms with van der Waals surface area (Å²) in [6.07, 6.45) is 4.01. The van der Waals surface area contributed by atoms with Crippen LogP contribution in [0.25, 0.3) is 0 Å². The number of methoxy groups -OCH3 is 1. The van der Waals surface area contributed by atoms with Gasteiger partial charge in [0.15, 0.2) is 0 Å². The highest BCUT2D eigenvalue weighted by atomic mass is 16.5. The van der Waals surface area contributed by atoms with Crippen LogP contribution in [0.1, 0.15) is 40.5 Å². The van der Waals surface area contributed by atoms with Gasteiger partial charge in [0.25, 0.3) is 0 Å². The van der Waals surface area contributed by atoms with E-state index < -0.39 is 0 Å². The van der Waals surface area contributed by atoms with Crippen LogP contribution < -0.4 is 11.3 Å². The van der Waals surface area contributed by atoms with Crippen molar-refractivity contribution in [3.63, 3.8) is 0 Å². The van der Waals surface area contributed by atoms with E-state index in [1.54, 1.807) is 7.11 Å². The second-order valence-corrected chi connectivity index (χ2v) is 3.86. The first-order chi connectivity index (χ1) is 6.56. The highest BCUT2D eigenvalue weighted by Gasteiger charge is 2.33. The number of allylic oxidation sites excluding steroid dienone is 1. The molecule has 0 aromatic rings. The molecule has 0 amide bonds. The lowest BCUT2D eigenvalue weighted by atomic mass is 9.87. The average Bonchev–Trinajstić information content (AvgIpc) is 2.19. The monoisotopic (exact) mass is 200 g/mol. The molecule has 14 heavy (non-hydrogen) atoms. The van der Waals surface area contributed by atoms with E-state index in [0.717, 1.165) is 12.8 Å². The van der Waals surface area contributed by atoms with Crippen molar-refractivity contribution in [1.29, 1.82) is 0 Å². The molecule has 1 atom stereocenters. The highest BCUT2D eigenvalue weighted by Crippen LogP contribution is 2.25. The molecule has 84 valence electrons. The fourth-order valence-corrected chi connectivity index (χ4v) is 1.79. The first-order valence-corrected chi connectivity index (χ1v) is 5.22. The van der Waals surface area contributed by atoms with Gasteiger partial charge in [0, 0.05) is 7.11 Å². The van der Waals surface area contributed by atoms with Crippen molar-refractivity contribution in [2.75, 3.05) is 7.11 Å². The Labute approximate surface area is 87.7 Å². The van der Waals surface area contributed by atoms with Crippen LogP contribution in [0.3, 0.4) is 0 Å². The van der Waals surface area contributed by atoms with Gasteiger partial charge in [0.1, 0.15) is 0 Å². The molecule has 3 N–H and O–H groups in total. The summed E-state index contributed by atoms with van der Waals surface area (Å²) in [5.41, 5.74) is 3.88. The van der Waals surface area contributed by atoms with Gasteiger partial charge in [-0.25, -0.2) is 0 Å². The second-order valence-electron chi connectivity index (χ2n) is 3.86. The number of hydrazine groups is 1. The molecule has 0 rings (SSSR count). The molecule has 0 aliphatic rings. The van der Waals surface area contributed by atoms with Crippen LogP contribution in [0.5, 0.6) is 0 Å².